The molecule has 0 radical (unpaired) electrons. The second-order valence-corrected chi connectivity index (χ2v) is 5.73. The molecule has 2 aromatic carbocycles. The number of hydrogen-bond donors (Lipinski definition) is 1. The molecule has 0 aromatic heterocycles. The topological polar surface area (TPSA) is 59.0 Å². The Bertz CT molecular complexity index is 755. The lowest BCUT2D eigenvalue weighted by Crippen LogP contribution is -2.17. The zero-order chi connectivity index (χ0) is 18.2. The number of aromatic hydroxyl groups is 1. The van der Waals surface area contributed by atoms with Gasteiger partial charge in [-0.25, -0.2) is 0 Å². The van der Waals surface area contributed by atoms with Gasteiger partial charge in [-0.05, 0) is 30.8 Å². The van der Waals surface area contributed by atoms with Crippen LogP contribution in [-0.2, 0) is 11.3 Å². The number of carbonyl (C=O) groups excluding carboxylic acids is 1. The van der Waals surface area contributed by atoms with Gasteiger partial charge in [0.15, 0.2) is 11.5 Å². The monoisotopic (exact) mass is 341 g/mol. The SMILES string of the molecule is COc1cc(C=CCN(C)Cc2ccccc2O)ccc1OC(C)=O. The van der Waals surface area contributed by atoms with Crippen LogP contribution in [0.4, 0.5) is 0 Å². The summed E-state index contributed by atoms with van der Waals surface area (Å²) in [6.07, 6.45) is 4.00. The molecule has 0 heterocycles. The molecule has 0 aliphatic heterocycles. The van der Waals surface area contributed by atoms with E-state index in [1.807, 2.05) is 49.5 Å². The van der Waals surface area contributed by atoms with E-state index in [1.165, 1.54) is 14.0 Å². The zero-order valence-corrected chi connectivity index (χ0v) is 14.7. The van der Waals surface area contributed by atoms with E-state index in [-0.39, 0.29) is 5.97 Å². The predicted molar refractivity (Wildman–Crippen MR) is 97.8 cm³/mol. The minimum atomic E-state index is -0.382. The molecule has 2 rings (SSSR count). The van der Waals surface area contributed by atoms with Crippen molar-refractivity contribution in [2.75, 3.05) is 20.7 Å². The first kappa shape index (κ1) is 18.5. The van der Waals surface area contributed by atoms with Gasteiger partial charge >= 0.3 is 5.97 Å². The summed E-state index contributed by atoms with van der Waals surface area (Å²) in [5.41, 5.74) is 1.84. The number of para-hydroxylation sites is 1. The molecule has 1 N–H and O–H groups in total. The van der Waals surface area contributed by atoms with E-state index in [0.717, 1.165) is 17.7 Å². The highest BCUT2D eigenvalue weighted by molar-refractivity contribution is 5.71. The second-order valence-electron chi connectivity index (χ2n) is 5.73. The Morgan fingerprint density at radius 3 is 2.64 bits per heavy atom. The lowest BCUT2D eigenvalue weighted by atomic mass is 10.1. The Balaban J connectivity index is 1.97. The first-order valence-electron chi connectivity index (χ1n) is 7.98. The number of likely N-dealkylation sites (N-methyl/N-ethyl adjacent to an activating group) is 1. The van der Waals surface area contributed by atoms with E-state index < -0.39 is 0 Å². The minimum Gasteiger partial charge on any atom is -0.508 e. The lowest BCUT2D eigenvalue weighted by Gasteiger charge is -2.15. The van der Waals surface area contributed by atoms with Gasteiger partial charge < -0.3 is 14.6 Å². The maximum atomic E-state index is 11.1. The van der Waals surface area contributed by atoms with Gasteiger partial charge in [-0.1, -0.05) is 36.4 Å². The van der Waals surface area contributed by atoms with Crippen LogP contribution >= 0.6 is 0 Å². The molecule has 0 fully saturated rings. The maximum Gasteiger partial charge on any atom is 0.308 e. The third kappa shape index (κ3) is 5.65. The number of methoxy groups -OCH3 is 1. The average molecular weight is 341 g/mol. The Labute approximate surface area is 148 Å². The summed E-state index contributed by atoms with van der Waals surface area (Å²) >= 11 is 0. The Hall–Kier alpha value is -2.79. The van der Waals surface area contributed by atoms with Crippen molar-refractivity contribution in [2.24, 2.45) is 0 Å². The van der Waals surface area contributed by atoms with Gasteiger partial charge in [0.2, 0.25) is 0 Å². The molecule has 0 saturated carbocycles. The summed E-state index contributed by atoms with van der Waals surface area (Å²) in [5, 5.41) is 9.81. The average Bonchev–Trinajstić information content (AvgIpc) is 2.57. The van der Waals surface area contributed by atoms with E-state index in [0.29, 0.717) is 23.8 Å². The molecule has 5 heteroatoms. The fraction of sp³-hybridized carbons (Fsp3) is 0.250. The molecule has 0 aliphatic carbocycles. The summed E-state index contributed by atoms with van der Waals surface area (Å²) in [6.45, 7) is 2.74. The van der Waals surface area contributed by atoms with Crippen molar-refractivity contribution < 1.29 is 19.4 Å². The highest BCUT2D eigenvalue weighted by Crippen LogP contribution is 2.28. The quantitative estimate of drug-likeness (QED) is 0.617. The van der Waals surface area contributed by atoms with Gasteiger partial charge in [0.1, 0.15) is 5.75 Å². The number of benzene rings is 2. The third-order valence-corrected chi connectivity index (χ3v) is 3.60. The fourth-order valence-corrected chi connectivity index (χ4v) is 2.40. The Morgan fingerprint density at radius 2 is 1.96 bits per heavy atom. The van der Waals surface area contributed by atoms with Crippen LogP contribution in [0.15, 0.2) is 48.5 Å². The van der Waals surface area contributed by atoms with Crippen LogP contribution in [0.2, 0.25) is 0 Å². The molecule has 2 aromatic rings. The molecule has 0 bridgehead atoms. The molecule has 132 valence electrons. The number of phenols is 1. The standard InChI is InChI=1S/C20H23NO4/c1-15(22)25-19-11-10-16(13-20(19)24-3)7-6-12-21(2)14-17-8-4-5-9-18(17)23/h4-11,13,23H,12,14H2,1-3H3. The van der Waals surface area contributed by atoms with E-state index in [4.69, 9.17) is 9.47 Å². The predicted octanol–water partition coefficient (Wildman–Crippen LogP) is 3.47. The van der Waals surface area contributed by atoms with Crippen LogP contribution in [0.3, 0.4) is 0 Å². The van der Waals surface area contributed by atoms with E-state index in [2.05, 4.69) is 4.90 Å². The van der Waals surface area contributed by atoms with Gasteiger partial charge in [0, 0.05) is 25.6 Å². The highest BCUT2D eigenvalue weighted by atomic mass is 16.6. The Morgan fingerprint density at radius 1 is 1.20 bits per heavy atom. The van der Waals surface area contributed by atoms with Gasteiger partial charge in [-0.15, -0.1) is 0 Å². The first-order chi connectivity index (χ1) is 12.0. The molecular weight excluding hydrogens is 318 g/mol. The number of rotatable bonds is 7. The van der Waals surface area contributed by atoms with Crippen LogP contribution < -0.4 is 9.47 Å². The van der Waals surface area contributed by atoms with Gasteiger partial charge in [-0.3, -0.25) is 9.69 Å². The van der Waals surface area contributed by atoms with E-state index >= 15 is 0 Å². The molecule has 0 atom stereocenters. The molecule has 5 nitrogen and oxygen atoms in total. The van der Waals surface area contributed by atoms with Crippen LogP contribution in [0, 0.1) is 0 Å². The van der Waals surface area contributed by atoms with Crippen LogP contribution in [0.1, 0.15) is 18.1 Å². The van der Waals surface area contributed by atoms with Crippen molar-refractivity contribution in [1.82, 2.24) is 4.90 Å². The maximum absolute atomic E-state index is 11.1. The lowest BCUT2D eigenvalue weighted by molar-refractivity contribution is -0.132. The van der Waals surface area contributed by atoms with Crippen molar-refractivity contribution in [1.29, 1.82) is 0 Å². The Kier molecular flexibility index (Phi) is 6.60. The molecule has 25 heavy (non-hydrogen) atoms. The zero-order valence-electron chi connectivity index (χ0n) is 14.7. The van der Waals surface area contributed by atoms with Gasteiger partial charge in [-0.2, -0.15) is 0 Å². The fourth-order valence-electron chi connectivity index (χ4n) is 2.40. The van der Waals surface area contributed by atoms with Crippen LogP contribution in [-0.4, -0.2) is 36.7 Å². The molecule has 0 unspecified atom stereocenters. The van der Waals surface area contributed by atoms with Gasteiger partial charge in [0.25, 0.3) is 0 Å². The smallest absolute Gasteiger partial charge is 0.308 e. The number of nitrogens with zero attached hydrogens (tertiary/aromatic N) is 1. The minimum absolute atomic E-state index is 0.309. The largest absolute Gasteiger partial charge is 0.508 e. The number of esters is 1. The third-order valence-electron chi connectivity index (χ3n) is 3.60. The first-order valence-corrected chi connectivity index (χ1v) is 7.98. The summed E-state index contributed by atoms with van der Waals surface area (Å²) in [5.74, 6) is 0.847. The normalized spacial score (nSPS) is 11.0. The number of carbonyl (C=O) groups is 1. The molecule has 0 saturated heterocycles. The van der Waals surface area contributed by atoms with E-state index in [1.54, 1.807) is 12.1 Å². The summed E-state index contributed by atoms with van der Waals surface area (Å²) in [6, 6.07) is 12.7. The summed E-state index contributed by atoms with van der Waals surface area (Å²) < 4.78 is 10.3. The summed E-state index contributed by atoms with van der Waals surface area (Å²) in [7, 11) is 3.52. The molecule has 0 spiro atoms. The second kappa shape index (κ2) is 8.89. The van der Waals surface area contributed by atoms with Crippen LogP contribution in [0.5, 0.6) is 17.2 Å². The molecular formula is C20H23NO4. The molecule has 0 aliphatic rings. The number of phenolic OH excluding ortho intramolecular Hbond substituents is 1. The number of ether oxygens (including phenoxy) is 2. The molecule has 0 amide bonds. The van der Waals surface area contributed by atoms with Crippen molar-refractivity contribution in [3.63, 3.8) is 0 Å². The van der Waals surface area contributed by atoms with Crippen LogP contribution in [0.25, 0.3) is 6.08 Å². The van der Waals surface area contributed by atoms with Crippen molar-refractivity contribution in [3.05, 3.63) is 59.7 Å². The number of hydrogen-bond acceptors (Lipinski definition) is 5. The van der Waals surface area contributed by atoms with E-state index in [9.17, 15) is 9.90 Å². The van der Waals surface area contributed by atoms with Crippen molar-refractivity contribution >= 4 is 12.0 Å². The highest BCUT2D eigenvalue weighted by Gasteiger charge is 2.07. The van der Waals surface area contributed by atoms with Crippen molar-refractivity contribution in [2.45, 2.75) is 13.5 Å². The van der Waals surface area contributed by atoms with Gasteiger partial charge in [0.05, 0.1) is 7.11 Å². The van der Waals surface area contributed by atoms with Crippen molar-refractivity contribution in [3.8, 4) is 17.2 Å². The summed E-state index contributed by atoms with van der Waals surface area (Å²) in [4.78, 5) is 13.2.